The van der Waals surface area contributed by atoms with Crippen molar-refractivity contribution in [2.75, 3.05) is 0 Å². The van der Waals surface area contributed by atoms with Crippen LogP contribution in [0, 0.1) is 0 Å². The van der Waals surface area contributed by atoms with E-state index >= 15 is 0 Å². The Labute approximate surface area is 150 Å². The van der Waals surface area contributed by atoms with Gasteiger partial charge in [0.25, 0.3) is 0 Å². The summed E-state index contributed by atoms with van der Waals surface area (Å²) in [5.41, 5.74) is 1.89. The Balaban J connectivity index is 1.51. The average molecular weight is 343 g/mol. The molecule has 1 N–H and O–H groups in total. The molecule has 0 saturated heterocycles. The zero-order valence-corrected chi connectivity index (χ0v) is 14.1. The Bertz CT molecular complexity index is 1080. The van der Waals surface area contributed by atoms with Crippen molar-refractivity contribution in [3.63, 3.8) is 0 Å². The van der Waals surface area contributed by atoms with Crippen molar-refractivity contribution in [2.45, 2.75) is 12.8 Å². The third-order valence-electron chi connectivity index (χ3n) is 4.43. The molecule has 0 unspecified atom stereocenters. The number of aromatic nitrogens is 1. The lowest BCUT2D eigenvalue weighted by Crippen LogP contribution is -2.02. The number of nitrogens with zero attached hydrogens (tertiary/aromatic N) is 1. The molecule has 0 aliphatic rings. The molecule has 0 fully saturated rings. The Kier molecular flexibility index (Phi) is 4.23. The number of phenolic OH excluding ortho intramolecular Hbond substituents is 1. The maximum atomic E-state index is 12.5. The van der Waals surface area contributed by atoms with E-state index in [9.17, 15) is 9.90 Å². The molecule has 0 radical (unpaired) electrons. The number of aromatic hydroxyl groups is 1. The van der Waals surface area contributed by atoms with Crippen LogP contribution in [0.25, 0.3) is 22.2 Å². The third-order valence-corrected chi connectivity index (χ3v) is 4.43. The lowest BCUT2D eigenvalue weighted by atomic mass is 9.99. The number of benzene rings is 3. The maximum Gasteiger partial charge on any atom is 0.230 e. The number of oxazole rings is 1. The molecular formula is C22H17NO3. The minimum Gasteiger partial charge on any atom is -0.507 e. The van der Waals surface area contributed by atoms with Crippen LogP contribution in [0.1, 0.15) is 22.5 Å². The van der Waals surface area contributed by atoms with Gasteiger partial charge in [-0.2, -0.15) is 0 Å². The second kappa shape index (κ2) is 6.84. The smallest absolute Gasteiger partial charge is 0.230 e. The number of ketones is 1. The van der Waals surface area contributed by atoms with E-state index in [1.165, 1.54) is 11.6 Å². The fraction of sp³-hybridized carbons (Fsp3) is 0.0909. The number of para-hydroxylation sites is 1. The SMILES string of the molecule is O=C(CCc1cccc2ccccc12)c1coc(-c2ccccc2O)n1. The van der Waals surface area contributed by atoms with Crippen LogP contribution in [-0.2, 0) is 6.42 Å². The van der Waals surface area contributed by atoms with Crippen molar-refractivity contribution in [2.24, 2.45) is 0 Å². The molecule has 0 aliphatic heterocycles. The van der Waals surface area contributed by atoms with Crippen molar-refractivity contribution in [1.82, 2.24) is 4.98 Å². The first-order valence-electron chi connectivity index (χ1n) is 8.46. The van der Waals surface area contributed by atoms with Crippen molar-refractivity contribution >= 4 is 16.6 Å². The minimum atomic E-state index is -0.0802. The fourth-order valence-corrected chi connectivity index (χ4v) is 3.07. The molecule has 128 valence electrons. The number of phenols is 1. The van der Waals surface area contributed by atoms with Gasteiger partial charge >= 0.3 is 0 Å². The highest BCUT2D eigenvalue weighted by molar-refractivity contribution is 5.95. The first-order chi connectivity index (χ1) is 12.7. The summed E-state index contributed by atoms with van der Waals surface area (Å²) in [5, 5.41) is 12.2. The molecule has 4 nitrogen and oxygen atoms in total. The first kappa shape index (κ1) is 16.1. The Hall–Kier alpha value is -3.40. The zero-order valence-electron chi connectivity index (χ0n) is 14.1. The second-order valence-electron chi connectivity index (χ2n) is 6.12. The van der Waals surface area contributed by atoms with E-state index in [0.29, 0.717) is 18.4 Å². The monoisotopic (exact) mass is 343 g/mol. The molecule has 4 heteroatoms. The molecule has 1 heterocycles. The standard InChI is InChI=1S/C22H17NO3/c24-20-11-4-3-10-18(20)22-23-19(14-26-22)21(25)13-12-16-8-5-7-15-6-1-2-9-17(15)16/h1-11,14,24H,12-13H2. The van der Waals surface area contributed by atoms with E-state index in [-0.39, 0.29) is 23.1 Å². The number of hydrogen-bond donors (Lipinski definition) is 1. The molecule has 3 aromatic carbocycles. The summed E-state index contributed by atoms with van der Waals surface area (Å²) < 4.78 is 5.38. The van der Waals surface area contributed by atoms with Gasteiger partial charge in [-0.05, 0) is 34.9 Å². The van der Waals surface area contributed by atoms with Gasteiger partial charge in [0.2, 0.25) is 5.89 Å². The van der Waals surface area contributed by atoms with Gasteiger partial charge in [-0.1, -0.05) is 54.6 Å². The number of Topliss-reactive ketones (excluding diaryl/α,β-unsaturated/α-hetero) is 1. The number of aryl methyl sites for hydroxylation is 1. The highest BCUT2D eigenvalue weighted by atomic mass is 16.3. The van der Waals surface area contributed by atoms with Crippen molar-refractivity contribution in [3.8, 4) is 17.2 Å². The van der Waals surface area contributed by atoms with E-state index in [2.05, 4.69) is 23.2 Å². The summed E-state index contributed by atoms with van der Waals surface area (Å²) in [4.78, 5) is 16.7. The van der Waals surface area contributed by atoms with Crippen LogP contribution >= 0.6 is 0 Å². The summed E-state index contributed by atoms with van der Waals surface area (Å²) in [6.45, 7) is 0. The van der Waals surface area contributed by atoms with Crippen LogP contribution in [0.3, 0.4) is 0 Å². The summed E-state index contributed by atoms with van der Waals surface area (Å²) in [5.74, 6) is 0.240. The van der Waals surface area contributed by atoms with Gasteiger partial charge in [0.15, 0.2) is 5.78 Å². The predicted molar refractivity (Wildman–Crippen MR) is 100 cm³/mol. The van der Waals surface area contributed by atoms with Gasteiger partial charge in [-0.3, -0.25) is 4.79 Å². The van der Waals surface area contributed by atoms with E-state index < -0.39 is 0 Å². The van der Waals surface area contributed by atoms with Crippen LogP contribution in [0.15, 0.2) is 77.4 Å². The quantitative estimate of drug-likeness (QED) is 0.517. The largest absolute Gasteiger partial charge is 0.507 e. The number of hydrogen-bond acceptors (Lipinski definition) is 4. The molecule has 0 spiro atoms. The number of fused-ring (bicyclic) bond motifs is 1. The van der Waals surface area contributed by atoms with E-state index in [1.807, 2.05) is 24.3 Å². The normalized spacial score (nSPS) is 10.9. The lowest BCUT2D eigenvalue weighted by Gasteiger charge is -2.05. The Morgan fingerprint density at radius 2 is 1.73 bits per heavy atom. The van der Waals surface area contributed by atoms with Crippen LogP contribution in [0.4, 0.5) is 0 Å². The van der Waals surface area contributed by atoms with Crippen LogP contribution < -0.4 is 0 Å². The molecule has 0 atom stereocenters. The van der Waals surface area contributed by atoms with Crippen molar-refractivity contribution < 1.29 is 14.3 Å². The topological polar surface area (TPSA) is 63.3 Å². The summed E-state index contributed by atoms with van der Waals surface area (Å²) in [6.07, 6.45) is 2.34. The Morgan fingerprint density at radius 1 is 0.962 bits per heavy atom. The average Bonchev–Trinajstić information content (AvgIpc) is 3.16. The molecule has 0 bridgehead atoms. The molecule has 26 heavy (non-hydrogen) atoms. The van der Waals surface area contributed by atoms with E-state index in [1.54, 1.807) is 24.3 Å². The highest BCUT2D eigenvalue weighted by Crippen LogP contribution is 2.28. The number of carbonyl (C=O) groups excluding carboxylic acids is 1. The maximum absolute atomic E-state index is 12.5. The third kappa shape index (κ3) is 3.09. The van der Waals surface area contributed by atoms with Crippen LogP contribution in [0.2, 0.25) is 0 Å². The minimum absolute atomic E-state index is 0.0732. The predicted octanol–water partition coefficient (Wildman–Crippen LogP) is 5.02. The van der Waals surface area contributed by atoms with Gasteiger partial charge in [0.1, 0.15) is 17.7 Å². The summed E-state index contributed by atoms with van der Waals surface area (Å²) >= 11 is 0. The van der Waals surface area contributed by atoms with Crippen molar-refractivity contribution in [1.29, 1.82) is 0 Å². The van der Waals surface area contributed by atoms with Gasteiger partial charge in [-0.25, -0.2) is 4.98 Å². The Morgan fingerprint density at radius 3 is 2.62 bits per heavy atom. The number of rotatable bonds is 5. The van der Waals surface area contributed by atoms with Gasteiger partial charge in [0.05, 0.1) is 5.56 Å². The second-order valence-corrected chi connectivity index (χ2v) is 6.12. The lowest BCUT2D eigenvalue weighted by molar-refractivity contribution is 0.0978. The highest BCUT2D eigenvalue weighted by Gasteiger charge is 2.15. The fourth-order valence-electron chi connectivity index (χ4n) is 3.07. The zero-order chi connectivity index (χ0) is 17.9. The molecule has 0 amide bonds. The first-order valence-corrected chi connectivity index (χ1v) is 8.46. The molecule has 0 saturated carbocycles. The van der Waals surface area contributed by atoms with Crippen LogP contribution in [-0.4, -0.2) is 15.9 Å². The molecule has 0 aliphatic carbocycles. The summed E-state index contributed by atoms with van der Waals surface area (Å²) in [7, 11) is 0. The molecule has 1 aromatic heterocycles. The van der Waals surface area contributed by atoms with Gasteiger partial charge < -0.3 is 9.52 Å². The van der Waals surface area contributed by atoms with Gasteiger partial charge in [-0.15, -0.1) is 0 Å². The van der Waals surface area contributed by atoms with Crippen LogP contribution in [0.5, 0.6) is 5.75 Å². The van der Waals surface area contributed by atoms with Gasteiger partial charge in [0, 0.05) is 6.42 Å². The molecular weight excluding hydrogens is 326 g/mol. The summed E-state index contributed by atoms with van der Waals surface area (Å²) in [6, 6.07) is 21.0. The van der Waals surface area contributed by atoms with Crippen molar-refractivity contribution in [3.05, 3.63) is 84.3 Å². The van der Waals surface area contributed by atoms with E-state index in [4.69, 9.17) is 4.42 Å². The van der Waals surface area contributed by atoms with E-state index in [0.717, 1.165) is 10.9 Å². The molecule has 4 rings (SSSR count). The number of carbonyl (C=O) groups is 1. The molecule has 4 aromatic rings.